The Labute approximate surface area is 192 Å². The highest BCUT2D eigenvalue weighted by Gasteiger charge is 2.58. The summed E-state index contributed by atoms with van der Waals surface area (Å²) in [5.74, 6) is -0.280. The molecule has 1 aromatic rings. The molecule has 32 heavy (non-hydrogen) atoms. The first kappa shape index (κ1) is 23.1. The number of aryl methyl sites for hydroxylation is 1. The number of nitrogens with zero attached hydrogens (tertiary/aromatic N) is 1. The smallest absolute Gasteiger partial charge is 0.449 e. The standard InChI is InChI=1S/C23H31N3O5S/c1-13-19-18(8-9-27)21(28)26(19)22(31-23(29)30)20(13)32-17-10-16(25-12-17)7-6-14-2-4-15(11-24)5-3-14/h2-5,13,16-19,25,27H,6-12,24H2,1H3,(H,29,30)/t13-,16+,17+,18+,19-/m1/s1. The van der Waals surface area contributed by atoms with E-state index in [1.165, 1.54) is 10.5 Å². The third kappa shape index (κ3) is 4.52. The Morgan fingerprint density at radius 3 is 2.66 bits per heavy atom. The molecule has 0 saturated carbocycles. The number of hydrogen-bond acceptors (Lipinski definition) is 7. The number of rotatable bonds is 9. The Hall–Kier alpha value is -2.07. The van der Waals surface area contributed by atoms with Gasteiger partial charge in [-0.1, -0.05) is 31.2 Å². The van der Waals surface area contributed by atoms with Crippen molar-refractivity contribution in [3.05, 3.63) is 46.2 Å². The van der Waals surface area contributed by atoms with E-state index < -0.39 is 6.16 Å². The lowest BCUT2D eigenvalue weighted by Crippen LogP contribution is -2.60. The van der Waals surface area contributed by atoms with E-state index in [4.69, 9.17) is 10.5 Å². The van der Waals surface area contributed by atoms with Crippen LogP contribution in [0.1, 0.15) is 37.3 Å². The summed E-state index contributed by atoms with van der Waals surface area (Å²) in [6.45, 7) is 3.33. The maximum absolute atomic E-state index is 12.5. The minimum atomic E-state index is -1.41. The predicted molar refractivity (Wildman–Crippen MR) is 122 cm³/mol. The van der Waals surface area contributed by atoms with E-state index in [0.29, 0.717) is 19.0 Å². The van der Waals surface area contributed by atoms with Crippen LogP contribution in [-0.2, 0) is 22.5 Å². The molecule has 0 bridgehead atoms. The summed E-state index contributed by atoms with van der Waals surface area (Å²) in [7, 11) is 0. The van der Waals surface area contributed by atoms with Crippen LogP contribution in [0.2, 0.25) is 0 Å². The van der Waals surface area contributed by atoms with E-state index in [2.05, 4.69) is 29.6 Å². The summed E-state index contributed by atoms with van der Waals surface area (Å²) in [5.41, 5.74) is 8.09. The fraction of sp³-hybridized carbons (Fsp3) is 0.565. The highest BCUT2D eigenvalue weighted by Crippen LogP contribution is 2.52. The predicted octanol–water partition coefficient (Wildman–Crippen LogP) is 2.26. The van der Waals surface area contributed by atoms with Crippen LogP contribution >= 0.6 is 11.8 Å². The third-order valence-corrected chi connectivity index (χ3v) is 8.25. The molecule has 1 amide bonds. The Bertz CT molecular complexity index is 890. The van der Waals surface area contributed by atoms with Gasteiger partial charge in [0.05, 0.1) is 16.9 Å². The number of ether oxygens (including phenoxy) is 1. The van der Waals surface area contributed by atoms with Gasteiger partial charge in [-0.25, -0.2) is 4.79 Å². The molecule has 9 heteroatoms. The van der Waals surface area contributed by atoms with Gasteiger partial charge >= 0.3 is 6.16 Å². The van der Waals surface area contributed by atoms with E-state index in [-0.39, 0.29) is 41.5 Å². The minimum Gasteiger partial charge on any atom is -0.449 e. The number of carbonyl (C=O) groups excluding carboxylic acids is 1. The molecule has 5 atom stereocenters. The van der Waals surface area contributed by atoms with Crippen molar-refractivity contribution in [3.8, 4) is 0 Å². The highest BCUT2D eigenvalue weighted by molar-refractivity contribution is 8.03. The molecule has 0 spiro atoms. The normalized spacial score (nSPS) is 29.3. The van der Waals surface area contributed by atoms with Gasteiger partial charge < -0.3 is 26.0 Å². The molecule has 174 valence electrons. The van der Waals surface area contributed by atoms with Crippen LogP contribution in [-0.4, -0.2) is 57.7 Å². The number of aliphatic hydroxyl groups is 1. The van der Waals surface area contributed by atoms with Crippen molar-refractivity contribution in [2.45, 2.75) is 56.5 Å². The molecule has 8 nitrogen and oxygen atoms in total. The van der Waals surface area contributed by atoms with Crippen LogP contribution < -0.4 is 11.1 Å². The molecule has 4 rings (SSSR count). The molecule has 0 aliphatic carbocycles. The molecule has 3 aliphatic heterocycles. The summed E-state index contributed by atoms with van der Waals surface area (Å²) in [4.78, 5) is 26.1. The first-order chi connectivity index (χ1) is 15.4. The van der Waals surface area contributed by atoms with E-state index in [9.17, 15) is 19.8 Å². The molecular weight excluding hydrogens is 430 g/mol. The van der Waals surface area contributed by atoms with Gasteiger partial charge in [0.15, 0.2) is 0 Å². The molecular formula is C23H31N3O5S. The number of benzene rings is 1. The van der Waals surface area contributed by atoms with Crippen molar-refractivity contribution in [2.24, 2.45) is 17.6 Å². The number of carboxylic acid groups (broad SMARTS) is 1. The van der Waals surface area contributed by atoms with Crippen molar-refractivity contribution in [2.75, 3.05) is 13.2 Å². The molecule has 5 N–H and O–H groups in total. The van der Waals surface area contributed by atoms with Crippen molar-refractivity contribution in [1.82, 2.24) is 10.2 Å². The number of carbonyl (C=O) groups is 2. The van der Waals surface area contributed by atoms with Crippen molar-refractivity contribution < 1.29 is 24.5 Å². The van der Waals surface area contributed by atoms with Crippen molar-refractivity contribution >= 4 is 23.8 Å². The number of aliphatic hydroxyl groups excluding tert-OH is 1. The zero-order valence-electron chi connectivity index (χ0n) is 18.2. The number of nitrogens with one attached hydrogen (secondary N) is 1. The maximum atomic E-state index is 12.5. The Kier molecular flexibility index (Phi) is 7.09. The lowest BCUT2D eigenvalue weighted by molar-refractivity contribution is -0.156. The summed E-state index contributed by atoms with van der Waals surface area (Å²) < 4.78 is 5.08. The average Bonchev–Trinajstić information content (AvgIpc) is 3.32. The zero-order chi connectivity index (χ0) is 22.8. The lowest BCUT2D eigenvalue weighted by Gasteiger charge is -2.44. The van der Waals surface area contributed by atoms with Crippen LogP contribution in [0.25, 0.3) is 0 Å². The highest BCUT2D eigenvalue weighted by atomic mass is 32.2. The number of thioether (sulfide) groups is 1. The lowest BCUT2D eigenvalue weighted by atomic mass is 9.80. The molecule has 2 fully saturated rings. The Morgan fingerprint density at radius 1 is 1.28 bits per heavy atom. The van der Waals surface area contributed by atoms with Crippen LogP contribution in [0.3, 0.4) is 0 Å². The zero-order valence-corrected chi connectivity index (χ0v) is 19.0. The number of nitrogens with two attached hydrogens (primary N) is 1. The summed E-state index contributed by atoms with van der Waals surface area (Å²) in [6.07, 6.45) is 1.97. The van der Waals surface area contributed by atoms with Crippen LogP contribution in [0.5, 0.6) is 0 Å². The van der Waals surface area contributed by atoms with E-state index in [0.717, 1.165) is 36.3 Å². The Balaban J connectivity index is 1.37. The quantitative estimate of drug-likeness (QED) is 0.326. The fourth-order valence-electron chi connectivity index (χ4n) is 5.07. The first-order valence-electron chi connectivity index (χ1n) is 11.2. The summed E-state index contributed by atoms with van der Waals surface area (Å²) >= 11 is 1.63. The number of amides is 1. The molecule has 3 heterocycles. The van der Waals surface area contributed by atoms with Crippen LogP contribution in [0, 0.1) is 11.8 Å². The maximum Gasteiger partial charge on any atom is 0.512 e. The van der Waals surface area contributed by atoms with Gasteiger partial charge in [-0.3, -0.25) is 9.69 Å². The van der Waals surface area contributed by atoms with Gasteiger partial charge in [-0.15, -0.1) is 11.8 Å². The molecule has 0 unspecified atom stereocenters. The van der Waals surface area contributed by atoms with Crippen molar-refractivity contribution in [1.29, 1.82) is 0 Å². The fourth-order valence-corrected chi connectivity index (χ4v) is 6.54. The van der Waals surface area contributed by atoms with E-state index >= 15 is 0 Å². The monoisotopic (exact) mass is 461 g/mol. The Morgan fingerprint density at radius 2 is 2.00 bits per heavy atom. The van der Waals surface area contributed by atoms with Gasteiger partial charge in [-0.2, -0.15) is 0 Å². The van der Waals surface area contributed by atoms with Gasteiger partial charge in [0, 0.05) is 36.9 Å². The molecule has 3 aliphatic rings. The summed E-state index contributed by atoms with van der Waals surface area (Å²) in [5, 5.41) is 22.4. The van der Waals surface area contributed by atoms with Crippen LogP contribution in [0.15, 0.2) is 35.1 Å². The van der Waals surface area contributed by atoms with Gasteiger partial charge in [0.2, 0.25) is 11.8 Å². The second-order valence-electron chi connectivity index (χ2n) is 8.78. The van der Waals surface area contributed by atoms with E-state index in [1.54, 1.807) is 11.8 Å². The average molecular weight is 462 g/mol. The second kappa shape index (κ2) is 9.82. The molecule has 0 aromatic heterocycles. The number of hydrogen-bond donors (Lipinski definition) is 4. The topological polar surface area (TPSA) is 125 Å². The SMILES string of the molecule is C[C@H]1C(S[C@@H]2CN[C@@H](CCc3ccc(CN)cc3)C2)=C(OC(=O)O)N2C(=O)[C@@H](CCO)[C@@H]12. The number of fused-ring (bicyclic) bond motifs is 1. The van der Waals surface area contributed by atoms with Gasteiger partial charge in [-0.05, 0) is 36.8 Å². The van der Waals surface area contributed by atoms with Gasteiger partial charge in [0.1, 0.15) is 0 Å². The summed E-state index contributed by atoms with van der Waals surface area (Å²) in [6, 6.07) is 8.67. The molecule has 2 saturated heterocycles. The number of β-lactam (4-membered cyclic amide) rings is 1. The second-order valence-corrected chi connectivity index (χ2v) is 10.1. The largest absolute Gasteiger partial charge is 0.512 e. The minimum absolute atomic E-state index is 0.0105. The van der Waals surface area contributed by atoms with Crippen LogP contribution in [0.4, 0.5) is 4.79 Å². The third-order valence-electron chi connectivity index (χ3n) is 6.76. The van der Waals surface area contributed by atoms with Crippen molar-refractivity contribution in [3.63, 3.8) is 0 Å². The van der Waals surface area contributed by atoms with Gasteiger partial charge in [0.25, 0.3) is 0 Å². The molecule has 0 radical (unpaired) electrons. The first-order valence-corrected chi connectivity index (χ1v) is 12.1. The van der Waals surface area contributed by atoms with E-state index in [1.807, 2.05) is 6.92 Å². The molecule has 1 aromatic carbocycles.